The molecule has 0 fully saturated rings. The summed E-state index contributed by atoms with van der Waals surface area (Å²) in [6, 6.07) is 1.98. The van der Waals surface area contributed by atoms with Gasteiger partial charge in [0.25, 0.3) is 0 Å². The molecule has 78 valence electrons. The molecule has 0 bridgehead atoms. The highest BCUT2D eigenvalue weighted by atomic mass is 32.2. The Hall–Kier alpha value is -1.34. The van der Waals surface area contributed by atoms with E-state index >= 15 is 0 Å². The van der Waals surface area contributed by atoms with Crippen molar-refractivity contribution < 1.29 is 26.9 Å². The molecule has 1 rings (SSSR count). The van der Waals surface area contributed by atoms with Crippen molar-refractivity contribution in [2.24, 2.45) is 0 Å². The Morgan fingerprint density at radius 2 is 2.21 bits per heavy atom. The normalized spacial score (nSPS) is 11.3. The first kappa shape index (κ1) is 10.7. The molecule has 0 saturated heterocycles. The minimum Gasteiger partial charge on any atom is -0.742 e. The standard InChI is InChI=1S/C7H8O6S/c1-2-12-7(8)5-3-4-6(13-5)14(9,10)11/h3-4H,2H2,1H3,(H,9,10,11)/p-1. The van der Waals surface area contributed by atoms with Gasteiger partial charge in [0.2, 0.25) is 10.9 Å². The highest BCUT2D eigenvalue weighted by Crippen LogP contribution is 2.13. The van der Waals surface area contributed by atoms with Crippen molar-refractivity contribution in [1.82, 2.24) is 0 Å². The van der Waals surface area contributed by atoms with Gasteiger partial charge in [-0.2, -0.15) is 0 Å². The molecule has 7 heteroatoms. The summed E-state index contributed by atoms with van der Waals surface area (Å²) >= 11 is 0. The average molecular weight is 219 g/mol. The lowest BCUT2D eigenvalue weighted by molar-refractivity contribution is 0.0483. The van der Waals surface area contributed by atoms with Crippen molar-refractivity contribution >= 4 is 16.1 Å². The topological polar surface area (TPSA) is 96.6 Å². The van der Waals surface area contributed by atoms with E-state index in [-0.39, 0.29) is 12.4 Å². The van der Waals surface area contributed by atoms with Crippen LogP contribution in [0.1, 0.15) is 17.5 Å². The molecule has 0 saturated carbocycles. The summed E-state index contributed by atoms with van der Waals surface area (Å²) in [5.41, 5.74) is 0. The summed E-state index contributed by atoms with van der Waals surface area (Å²) in [6.07, 6.45) is 0. The van der Waals surface area contributed by atoms with Crippen LogP contribution in [-0.4, -0.2) is 25.5 Å². The van der Waals surface area contributed by atoms with E-state index in [1.807, 2.05) is 0 Å². The minimum atomic E-state index is -4.65. The van der Waals surface area contributed by atoms with Gasteiger partial charge in [0.05, 0.1) is 6.61 Å². The fourth-order valence-electron chi connectivity index (χ4n) is 0.766. The van der Waals surface area contributed by atoms with Crippen molar-refractivity contribution in [3.8, 4) is 0 Å². The Balaban J connectivity index is 2.94. The number of carbonyl (C=O) groups excluding carboxylic acids is 1. The van der Waals surface area contributed by atoms with Crippen LogP contribution >= 0.6 is 0 Å². The fraction of sp³-hybridized carbons (Fsp3) is 0.286. The Labute approximate surface area is 80.2 Å². The zero-order chi connectivity index (χ0) is 10.8. The Kier molecular flexibility index (Phi) is 2.92. The lowest BCUT2D eigenvalue weighted by Gasteiger charge is -2.01. The lowest BCUT2D eigenvalue weighted by Crippen LogP contribution is -2.03. The van der Waals surface area contributed by atoms with E-state index in [4.69, 9.17) is 0 Å². The van der Waals surface area contributed by atoms with Gasteiger partial charge in [0.1, 0.15) is 0 Å². The van der Waals surface area contributed by atoms with Crippen LogP contribution in [0.25, 0.3) is 0 Å². The maximum absolute atomic E-state index is 11.0. The van der Waals surface area contributed by atoms with Gasteiger partial charge in [-0.05, 0) is 19.1 Å². The number of hydrogen-bond acceptors (Lipinski definition) is 6. The summed E-state index contributed by atoms with van der Waals surface area (Å²) in [5, 5.41) is -0.791. The van der Waals surface area contributed by atoms with E-state index in [9.17, 15) is 17.8 Å². The van der Waals surface area contributed by atoms with Crippen LogP contribution in [0.15, 0.2) is 21.6 Å². The molecule has 0 aromatic carbocycles. The molecule has 0 N–H and O–H groups in total. The molecule has 0 amide bonds. The third-order valence-electron chi connectivity index (χ3n) is 1.30. The van der Waals surface area contributed by atoms with Gasteiger partial charge in [-0.1, -0.05) is 0 Å². The quantitative estimate of drug-likeness (QED) is 0.537. The zero-order valence-electron chi connectivity index (χ0n) is 7.22. The van der Waals surface area contributed by atoms with Gasteiger partial charge < -0.3 is 13.7 Å². The summed E-state index contributed by atoms with van der Waals surface area (Å²) in [7, 11) is -4.65. The molecule has 0 aliphatic rings. The second-order valence-corrected chi connectivity index (χ2v) is 3.60. The maximum Gasteiger partial charge on any atom is 0.374 e. The molecule has 0 unspecified atom stereocenters. The highest BCUT2D eigenvalue weighted by Gasteiger charge is 2.14. The van der Waals surface area contributed by atoms with Crippen molar-refractivity contribution in [3.05, 3.63) is 17.9 Å². The predicted molar refractivity (Wildman–Crippen MR) is 42.6 cm³/mol. The molecule has 1 heterocycles. The first-order chi connectivity index (χ1) is 6.45. The van der Waals surface area contributed by atoms with Gasteiger partial charge in [-0.3, -0.25) is 0 Å². The number of hydrogen-bond donors (Lipinski definition) is 0. The largest absolute Gasteiger partial charge is 0.742 e. The number of furan rings is 1. The molecule has 1 aromatic heterocycles. The molecule has 0 aliphatic carbocycles. The van der Waals surface area contributed by atoms with Crippen LogP contribution in [0.2, 0.25) is 0 Å². The molecular weight excluding hydrogens is 212 g/mol. The van der Waals surface area contributed by atoms with E-state index < -0.39 is 21.2 Å². The third kappa shape index (κ3) is 2.33. The molecule has 6 nitrogen and oxygen atoms in total. The second-order valence-electron chi connectivity index (χ2n) is 2.29. The summed E-state index contributed by atoms with van der Waals surface area (Å²) in [4.78, 5) is 11.0. The predicted octanol–water partition coefficient (Wildman–Crippen LogP) is 0.360. The Morgan fingerprint density at radius 1 is 1.57 bits per heavy atom. The Bertz CT molecular complexity index is 429. The molecule has 0 spiro atoms. The molecule has 14 heavy (non-hydrogen) atoms. The van der Waals surface area contributed by atoms with Crippen molar-refractivity contribution in [2.45, 2.75) is 12.0 Å². The first-order valence-corrected chi connectivity index (χ1v) is 5.09. The van der Waals surface area contributed by atoms with Crippen LogP contribution in [0.4, 0.5) is 0 Å². The van der Waals surface area contributed by atoms with Crippen LogP contribution in [0.5, 0.6) is 0 Å². The minimum absolute atomic E-state index is 0.138. The number of esters is 1. The Morgan fingerprint density at radius 3 is 2.64 bits per heavy atom. The van der Waals surface area contributed by atoms with E-state index in [0.29, 0.717) is 0 Å². The maximum atomic E-state index is 11.0. The molecule has 0 atom stereocenters. The lowest BCUT2D eigenvalue weighted by atomic mass is 10.5. The van der Waals surface area contributed by atoms with E-state index in [1.165, 1.54) is 0 Å². The first-order valence-electron chi connectivity index (χ1n) is 3.68. The summed E-state index contributed by atoms with van der Waals surface area (Å²) in [5.74, 6) is -1.11. The van der Waals surface area contributed by atoms with E-state index in [0.717, 1.165) is 12.1 Å². The van der Waals surface area contributed by atoms with Crippen LogP contribution in [0.3, 0.4) is 0 Å². The van der Waals surface area contributed by atoms with Gasteiger partial charge in [-0.15, -0.1) is 0 Å². The smallest absolute Gasteiger partial charge is 0.374 e. The molecule has 0 aliphatic heterocycles. The molecular formula is C7H7O6S-. The highest BCUT2D eigenvalue weighted by molar-refractivity contribution is 7.85. The van der Waals surface area contributed by atoms with Crippen molar-refractivity contribution in [1.29, 1.82) is 0 Å². The van der Waals surface area contributed by atoms with Gasteiger partial charge in [0, 0.05) is 0 Å². The number of rotatable bonds is 3. The summed E-state index contributed by atoms with van der Waals surface area (Å²) in [6.45, 7) is 1.73. The van der Waals surface area contributed by atoms with Crippen LogP contribution < -0.4 is 0 Å². The average Bonchev–Trinajstić information content (AvgIpc) is 2.51. The second kappa shape index (κ2) is 3.81. The number of ether oxygens (including phenoxy) is 1. The van der Waals surface area contributed by atoms with E-state index in [1.54, 1.807) is 6.92 Å². The monoisotopic (exact) mass is 219 g/mol. The van der Waals surface area contributed by atoms with Crippen molar-refractivity contribution in [3.63, 3.8) is 0 Å². The zero-order valence-corrected chi connectivity index (χ0v) is 8.04. The van der Waals surface area contributed by atoms with Crippen LogP contribution in [0, 0.1) is 0 Å². The van der Waals surface area contributed by atoms with Gasteiger partial charge in [0.15, 0.2) is 10.1 Å². The van der Waals surface area contributed by atoms with Gasteiger partial charge >= 0.3 is 5.97 Å². The molecule has 1 aromatic rings. The SMILES string of the molecule is CCOC(=O)c1ccc(S(=O)(=O)[O-])o1. The number of carbonyl (C=O) groups is 1. The van der Waals surface area contributed by atoms with Gasteiger partial charge in [-0.25, -0.2) is 13.2 Å². The van der Waals surface area contributed by atoms with Crippen molar-refractivity contribution in [2.75, 3.05) is 6.61 Å². The van der Waals surface area contributed by atoms with Crippen LogP contribution in [-0.2, 0) is 14.9 Å². The molecule has 0 radical (unpaired) electrons. The summed E-state index contributed by atoms with van der Waals surface area (Å²) < 4.78 is 40.3. The van der Waals surface area contributed by atoms with E-state index in [2.05, 4.69) is 9.15 Å². The third-order valence-corrected chi connectivity index (χ3v) is 2.02. The fourth-order valence-corrected chi connectivity index (χ4v) is 1.19.